The molecule has 0 radical (unpaired) electrons. The van der Waals surface area contributed by atoms with Crippen LogP contribution in [0.25, 0.3) is 0 Å². The van der Waals surface area contributed by atoms with Crippen molar-refractivity contribution in [2.45, 2.75) is 25.8 Å². The minimum atomic E-state index is -0.404. The van der Waals surface area contributed by atoms with Crippen molar-refractivity contribution in [1.82, 2.24) is 10.2 Å². The van der Waals surface area contributed by atoms with E-state index in [0.717, 1.165) is 56.5 Å². The van der Waals surface area contributed by atoms with E-state index in [1.165, 1.54) is 0 Å². The van der Waals surface area contributed by atoms with Gasteiger partial charge in [0, 0.05) is 46.0 Å². The SMILES string of the molecule is CN=C(NCc1ccc(C(N)=O)cc1)N(C)CCC1CCOCC1.I. The number of hydrogen-bond acceptors (Lipinski definition) is 3. The number of benzene rings is 1. The number of aliphatic imine (C=N–C) groups is 1. The molecule has 0 aromatic heterocycles. The van der Waals surface area contributed by atoms with Gasteiger partial charge in [0.1, 0.15) is 0 Å². The average molecular weight is 460 g/mol. The van der Waals surface area contributed by atoms with Crippen molar-refractivity contribution in [3.05, 3.63) is 35.4 Å². The fraction of sp³-hybridized carbons (Fsp3) is 0.556. The van der Waals surface area contributed by atoms with E-state index in [-0.39, 0.29) is 24.0 Å². The Bertz CT molecular complexity index is 557. The van der Waals surface area contributed by atoms with Gasteiger partial charge in [-0.05, 0) is 42.9 Å². The summed E-state index contributed by atoms with van der Waals surface area (Å²) < 4.78 is 5.41. The molecule has 0 spiro atoms. The van der Waals surface area contributed by atoms with Crippen LogP contribution < -0.4 is 11.1 Å². The van der Waals surface area contributed by atoms with Gasteiger partial charge in [0.05, 0.1) is 0 Å². The molecule has 3 N–H and O–H groups in total. The molecule has 1 amide bonds. The van der Waals surface area contributed by atoms with Crippen LogP contribution in [0.1, 0.15) is 35.2 Å². The lowest BCUT2D eigenvalue weighted by atomic mass is 9.96. The van der Waals surface area contributed by atoms with Crippen molar-refractivity contribution in [1.29, 1.82) is 0 Å². The van der Waals surface area contributed by atoms with E-state index in [9.17, 15) is 4.79 Å². The lowest BCUT2D eigenvalue weighted by Gasteiger charge is -2.26. The van der Waals surface area contributed by atoms with Crippen LogP contribution in [0.5, 0.6) is 0 Å². The summed E-state index contributed by atoms with van der Waals surface area (Å²) in [6.07, 6.45) is 3.48. The lowest BCUT2D eigenvalue weighted by molar-refractivity contribution is 0.0625. The van der Waals surface area contributed by atoms with Gasteiger partial charge in [-0.1, -0.05) is 12.1 Å². The monoisotopic (exact) mass is 460 g/mol. The fourth-order valence-electron chi connectivity index (χ4n) is 2.87. The van der Waals surface area contributed by atoms with Gasteiger partial charge in [-0.25, -0.2) is 0 Å². The number of carbonyl (C=O) groups excluding carboxylic acids is 1. The van der Waals surface area contributed by atoms with Crippen LogP contribution in [0.15, 0.2) is 29.3 Å². The van der Waals surface area contributed by atoms with Gasteiger partial charge in [-0.2, -0.15) is 0 Å². The van der Waals surface area contributed by atoms with Gasteiger partial charge in [0.2, 0.25) is 5.91 Å². The molecule has 1 saturated heterocycles. The second kappa shape index (κ2) is 11.3. The summed E-state index contributed by atoms with van der Waals surface area (Å²) >= 11 is 0. The van der Waals surface area contributed by atoms with E-state index in [1.54, 1.807) is 19.2 Å². The fourth-order valence-corrected chi connectivity index (χ4v) is 2.87. The molecular formula is C18H29IN4O2. The summed E-state index contributed by atoms with van der Waals surface area (Å²) in [5, 5.41) is 3.36. The van der Waals surface area contributed by atoms with E-state index in [0.29, 0.717) is 12.1 Å². The van der Waals surface area contributed by atoms with Gasteiger partial charge in [0.25, 0.3) is 0 Å². The van der Waals surface area contributed by atoms with Crippen LogP contribution in [-0.4, -0.2) is 50.6 Å². The quantitative estimate of drug-likeness (QED) is 0.388. The smallest absolute Gasteiger partial charge is 0.248 e. The molecule has 0 bridgehead atoms. The molecule has 2 rings (SSSR count). The highest BCUT2D eigenvalue weighted by Crippen LogP contribution is 2.18. The van der Waals surface area contributed by atoms with Crippen molar-refractivity contribution in [2.24, 2.45) is 16.6 Å². The number of ether oxygens (including phenoxy) is 1. The summed E-state index contributed by atoms with van der Waals surface area (Å²) in [5.41, 5.74) is 6.86. The first-order valence-corrected chi connectivity index (χ1v) is 8.48. The first-order valence-electron chi connectivity index (χ1n) is 8.48. The highest BCUT2D eigenvalue weighted by Gasteiger charge is 2.15. The standard InChI is InChI=1S/C18H28N4O2.HI/c1-20-18(22(2)10-7-14-8-11-24-12-9-14)21-13-15-3-5-16(6-4-15)17(19)23;/h3-6,14H,7-13H2,1-2H3,(H2,19,23)(H,20,21);1H. The maximum atomic E-state index is 11.1. The molecule has 140 valence electrons. The molecule has 1 heterocycles. The van der Waals surface area contributed by atoms with Crippen molar-refractivity contribution < 1.29 is 9.53 Å². The van der Waals surface area contributed by atoms with E-state index in [4.69, 9.17) is 10.5 Å². The number of hydrogen-bond donors (Lipinski definition) is 2. The molecule has 1 aromatic carbocycles. The Balaban J connectivity index is 0.00000312. The van der Waals surface area contributed by atoms with Crippen molar-refractivity contribution in [2.75, 3.05) is 33.9 Å². The summed E-state index contributed by atoms with van der Waals surface area (Å²) in [6.45, 7) is 3.42. The largest absolute Gasteiger partial charge is 0.381 e. The third-order valence-electron chi connectivity index (χ3n) is 4.48. The Labute approximate surface area is 167 Å². The molecule has 25 heavy (non-hydrogen) atoms. The van der Waals surface area contributed by atoms with Crippen LogP contribution >= 0.6 is 24.0 Å². The number of halogens is 1. The van der Waals surface area contributed by atoms with Gasteiger partial charge in [-0.15, -0.1) is 24.0 Å². The molecular weight excluding hydrogens is 431 g/mol. The zero-order valence-corrected chi connectivity index (χ0v) is 17.4. The number of carbonyl (C=O) groups is 1. The number of nitrogens with one attached hydrogen (secondary N) is 1. The normalized spacial score (nSPS) is 15.4. The first-order chi connectivity index (χ1) is 11.6. The molecule has 7 heteroatoms. The third kappa shape index (κ3) is 7.19. The molecule has 1 aliphatic rings. The maximum absolute atomic E-state index is 11.1. The Hall–Kier alpha value is -1.35. The predicted octanol–water partition coefficient (Wildman–Crippen LogP) is 2.23. The summed E-state index contributed by atoms with van der Waals surface area (Å²) in [4.78, 5) is 17.6. The Kier molecular flexibility index (Phi) is 9.81. The lowest BCUT2D eigenvalue weighted by Crippen LogP contribution is -2.39. The zero-order chi connectivity index (χ0) is 17.4. The van der Waals surface area contributed by atoms with Crippen LogP contribution in [0.4, 0.5) is 0 Å². The summed E-state index contributed by atoms with van der Waals surface area (Å²) in [6, 6.07) is 7.30. The molecule has 0 aliphatic carbocycles. The van der Waals surface area contributed by atoms with Gasteiger partial charge in [-0.3, -0.25) is 9.79 Å². The molecule has 1 aliphatic heterocycles. The number of guanidine groups is 1. The van der Waals surface area contributed by atoms with Gasteiger partial charge < -0.3 is 20.7 Å². The van der Waals surface area contributed by atoms with Gasteiger partial charge in [0.15, 0.2) is 5.96 Å². The first kappa shape index (κ1) is 21.7. The second-order valence-corrected chi connectivity index (χ2v) is 6.23. The van der Waals surface area contributed by atoms with Crippen molar-refractivity contribution in [3.63, 3.8) is 0 Å². The van der Waals surface area contributed by atoms with E-state index < -0.39 is 5.91 Å². The number of nitrogens with zero attached hydrogens (tertiary/aromatic N) is 2. The van der Waals surface area contributed by atoms with Crippen LogP contribution in [0.3, 0.4) is 0 Å². The topological polar surface area (TPSA) is 79.9 Å². The van der Waals surface area contributed by atoms with Crippen LogP contribution in [0.2, 0.25) is 0 Å². The van der Waals surface area contributed by atoms with Crippen LogP contribution in [-0.2, 0) is 11.3 Å². The third-order valence-corrected chi connectivity index (χ3v) is 4.48. The summed E-state index contributed by atoms with van der Waals surface area (Å²) in [7, 11) is 3.86. The van der Waals surface area contributed by atoms with Crippen molar-refractivity contribution >= 4 is 35.8 Å². The molecule has 0 saturated carbocycles. The molecule has 0 unspecified atom stereocenters. The molecule has 1 aromatic rings. The Morgan fingerprint density at radius 3 is 2.52 bits per heavy atom. The van der Waals surface area contributed by atoms with E-state index >= 15 is 0 Å². The van der Waals surface area contributed by atoms with E-state index in [2.05, 4.69) is 22.3 Å². The Morgan fingerprint density at radius 2 is 1.96 bits per heavy atom. The number of primary amides is 1. The minimum Gasteiger partial charge on any atom is -0.381 e. The van der Waals surface area contributed by atoms with Crippen molar-refractivity contribution in [3.8, 4) is 0 Å². The minimum absolute atomic E-state index is 0. The predicted molar refractivity (Wildman–Crippen MR) is 111 cm³/mol. The number of nitrogens with two attached hydrogens (primary N) is 1. The molecule has 6 nitrogen and oxygen atoms in total. The summed E-state index contributed by atoms with van der Waals surface area (Å²) in [5.74, 6) is 1.22. The highest BCUT2D eigenvalue weighted by atomic mass is 127. The molecule has 1 fully saturated rings. The second-order valence-electron chi connectivity index (χ2n) is 6.23. The zero-order valence-electron chi connectivity index (χ0n) is 15.0. The molecule has 0 atom stereocenters. The maximum Gasteiger partial charge on any atom is 0.248 e. The Morgan fingerprint density at radius 1 is 1.32 bits per heavy atom. The number of amides is 1. The number of rotatable bonds is 6. The highest BCUT2D eigenvalue weighted by molar-refractivity contribution is 14.0. The van der Waals surface area contributed by atoms with E-state index in [1.807, 2.05) is 12.1 Å². The average Bonchev–Trinajstić information content (AvgIpc) is 2.61. The van der Waals surface area contributed by atoms with Gasteiger partial charge >= 0.3 is 0 Å². The van der Waals surface area contributed by atoms with Crippen LogP contribution in [0, 0.1) is 5.92 Å².